The molecule has 2 fully saturated rings. The van der Waals surface area contributed by atoms with Gasteiger partial charge in [-0.05, 0) is 46.5 Å². The number of hydrogen-bond donors (Lipinski definition) is 3. The van der Waals surface area contributed by atoms with Crippen molar-refractivity contribution in [2.24, 2.45) is 4.99 Å². The normalized spacial score (nSPS) is 17.9. The molecule has 10 heteroatoms. The van der Waals surface area contributed by atoms with Gasteiger partial charge >= 0.3 is 6.09 Å². The Balaban J connectivity index is 0.00000512. The highest BCUT2D eigenvalue weighted by molar-refractivity contribution is 14.0. The van der Waals surface area contributed by atoms with E-state index in [0.29, 0.717) is 19.1 Å². The molecule has 0 bridgehead atoms. The van der Waals surface area contributed by atoms with Crippen LogP contribution in [0.15, 0.2) is 4.99 Å². The highest BCUT2D eigenvalue weighted by Gasteiger charge is 2.32. The number of carbonyl (C=O) groups excluding carboxylic acids is 2. The highest BCUT2D eigenvalue weighted by atomic mass is 127. The SMILES string of the molecule is CCC(CC)(CNC(=NC)N1CCN(CC(=O)NC2CC2)CC1)NC(=O)OC(C)(C)C.I. The van der Waals surface area contributed by atoms with Gasteiger partial charge in [-0.1, -0.05) is 13.8 Å². The van der Waals surface area contributed by atoms with Gasteiger partial charge in [0.15, 0.2) is 5.96 Å². The van der Waals surface area contributed by atoms with Gasteiger partial charge in [0.25, 0.3) is 0 Å². The van der Waals surface area contributed by atoms with E-state index in [9.17, 15) is 9.59 Å². The maximum atomic E-state index is 12.4. The zero-order valence-electron chi connectivity index (χ0n) is 20.6. The molecule has 0 aromatic rings. The standard InChI is InChI=1S/C22H42N6O3.HI/c1-7-22(8-2,26-20(30)31-21(3,4)5)16-24-19(23-6)28-13-11-27(12-14-28)15-18(29)25-17-9-10-17;/h17H,7-16H2,1-6H3,(H,23,24)(H,25,29)(H,26,30);1H. The third-order valence-corrected chi connectivity index (χ3v) is 5.90. The summed E-state index contributed by atoms with van der Waals surface area (Å²) < 4.78 is 5.46. The van der Waals surface area contributed by atoms with Gasteiger partial charge in [0.1, 0.15) is 5.60 Å². The van der Waals surface area contributed by atoms with Crippen LogP contribution in [0.4, 0.5) is 4.79 Å². The van der Waals surface area contributed by atoms with E-state index in [0.717, 1.165) is 57.8 Å². The smallest absolute Gasteiger partial charge is 0.408 e. The van der Waals surface area contributed by atoms with Crippen LogP contribution in [0.25, 0.3) is 0 Å². The molecule has 0 atom stereocenters. The number of aliphatic imine (C=N–C) groups is 1. The minimum absolute atomic E-state index is 0. The van der Waals surface area contributed by atoms with E-state index in [4.69, 9.17) is 4.74 Å². The Morgan fingerprint density at radius 1 is 1.06 bits per heavy atom. The van der Waals surface area contributed by atoms with Crippen LogP contribution in [0, 0.1) is 0 Å². The summed E-state index contributed by atoms with van der Waals surface area (Å²) in [5.41, 5.74) is -0.947. The fourth-order valence-electron chi connectivity index (χ4n) is 3.64. The average molecular weight is 567 g/mol. The third-order valence-electron chi connectivity index (χ3n) is 5.90. The molecule has 1 saturated carbocycles. The Morgan fingerprint density at radius 3 is 2.12 bits per heavy atom. The molecular formula is C22H43IN6O3. The van der Waals surface area contributed by atoms with Gasteiger partial charge in [-0.2, -0.15) is 0 Å². The number of amides is 2. The molecule has 2 amide bonds. The highest BCUT2D eigenvalue weighted by Crippen LogP contribution is 2.19. The predicted molar refractivity (Wildman–Crippen MR) is 139 cm³/mol. The Kier molecular flexibility index (Phi) is 11.5. The first-order chi connectivity index (χ1) is 14.6. The molecule has 3 N–H and O–H groups in total. The number of carbonyl (C=O) groups is 2. The first-order valence-electron chi connectivity index (χ1n) is 11.6. The zero-order valence-corrected chi connectivity index (χ0v) is 23.0. The molecule has 9 nitrogen and oxygen atoms in total. The summed E-state index contributed by atoms with van der Waals surface area (Å²) in [6.07, 6.45) is 3.38. The van der Waals surface area contributed by atoms with Crippen LogP contribution >= 0.6 is 24.0 Å². The largest absolute Gasteiger partial charge is 0.444 e. The minimum atomic E-state index is -0.532. The number of ether oxygens (including phenoxy) is 1. The van der Waals surface area contributed by atoms with Crippen molar-refractivity contribution in [2.75, 3.05) is 46.3 Å². The molecule has 1 aliphatic carbocycles. The Labute approximate surface area is 210 Å². The minimum Gasteiger partial charge on any atom is -0.444 e. The molecule has 2 rings (SSSR count). The lowest BCUT2D eigenvalue weighted by molar-refractivity contribution is -0.122. The van der Waals surface area contributed by atoms with Crippen molar-refractivity contribution in [2.45, 2.75) is 77.5 Å². The zero-order chi connectivity index (χ0) is 23.1. The summed E-state index contributed by atoms with van der Waals surface area (Å²) in [6.45, 7) is 14.0. The van der Waals surface area contributed by atoms with Crippen molar-refractivity contribution in [1.82, 2.24) is 25.8 Å². The Morgan fingerprint density at radius 2 is 1.66 bits per heavy atom. The van der Waals surface area contributed by atoms with Gasteiger partial charge in [-0.3, -0.25) is 14.7 Å². The van der Waals surface area contributed by atoms with E-state index in [1.807, 2.05) is 20.8 Å². The van der Waals surface area contributed by atoms with E-state index in [-0.39, 0.29) is 29.9 Å². The third kappa shape index (κ3) is 9.68. The second-order valence-corrected chi connectivity index (χ2v) is 9.62. The first-order valence-corrected chi connectivity index (χ1v) is 11.6. The van der Waals surface area contributed by atoms with Crippen molar-refractivity contribution in [3.63, 3.8) is 0 Å². The molecule has 1 saturated heterocycles. The fraction of sp³-hybridized carbons (Fsp3) is 0.864. The monoisotopic (exact) mass is 566 g/mol. The maximum Gasteiger partial charge on any atom is 0.408 e. The quantitative estimate of drug-likeness (QED) is 0.237. The average Bonchev–Trinajstić information content (AvgIpc) is 3.51. The number of hydrogen-bond acceptors (Lipinski definition) is 5. The molecule has 0 spiro atoms. The Bertz CT molecular complexity index is 636. The molecule has 186 valence electrons. The van der Waals surface area contributed by atoms with Crippen LogP contribution in [0.1, 0.15) is 60.3 Å². The molecule has 1 aliphatic heterocycles. The lowest BCUT2D eigenvalue weighted by Crippen LogP contribution is -2.59. The summed E-state index contributed by atoms with van der Waals surface area (Å²) in [5, 5.41) is 9.57. The molecule has 1 heterocycles. The number of alkyl carbamates (subject to hydrolysis) is 1. The van der Waals surface area contributed by atoms with Crippen LogP contribution in [-0.4, -0.2) is 91.3 Å². The molecule has 0 radical (unpaired) electrons. The van der Waals surface area contributed by atoms with E-state index >= 15 is 0 Å². The van der Waals surface area contributed by atoms with Crippen LogP contribution in [0.3, 0.4) is 0 Å². The topological polar surface area (TPSA) is 98.3 Å². The summed E-state index contributed by atoms with van der Waals surface area (Å²) in [7, 11) is 1.78. The molecule has 2 aliphatic rings. The number of nitrogens with one attached hydrogen (secondary N) is 3. The van der Waals surface area contributed by atoms with Gasteiger partial charge in [-0.25, -0.2) is 4.79 Å². The van der Waals surface area contributed by atoms with Crippen LogP contribution in [0.2, 0.25) is 0 Å². The van der Waals surface area contributed by atoms with Crippen molar-refractivity contribution < 1.29 is 14.3 Å². The summed E-state index contributed by atoms with van der Waals surface area (Å²) >= 11 is 0. The molecule has 0 aromatic carbocycles. The Hall–Kier alpha value is -1.30. The molecular weight excluding hydrogens is 523 g/mol. The number of piperazine rings is 1. The van der Waals surface area contributed by atoms with E-state index in [1.165, 1.54) is 0 Å². The fourth-order valence-corrected chi connectivity index (χ4v) is 3.64. The van der Waals surface area contributed by atoms with Gasteiger partial charge < -0.3 is 25.6 Å². The number of nitrogens with zero attached hydrogens (tertiary/aromatic N) is 3. The van der Waals surface area contributed by atoms with Gasteiger partial charge in [-0.15, -0.1) is 24.0 Å². The van der Waals surface area contributed by atoms with Crippen molar-refractivity contribution in [3.8, 4) is 0 Å². The predicted octanol–water partition coefficient (Wildman–Crippen LogP) is 2.16. The lowest BCUT2D eigenvalue weighted by Gasteiger charge is -2.38. The maximum absolute atomic E-state index is 12.4. The van der Waals surface area contributed by atoms with Crippen molar-refractivity contribution in [3.05, 3.63) is 0 Å². The van der Waals surface area contributed by atoms with Gasteiger partial charge in [0.2, 0.25) is 5.91 Å². The van der Waals surface area contributed by atoms with Crippen molar-refractivity contribution >= 4 is 41.9 Å². The number of guanidine groups is 1. The molecule has 0 unspecified atom stereocenters. The summed E-state index contributed by atoms with van der Waals surface area (Å²) in [5.74, 6) is 0.946. The van der Waals surface area contributed by atoms with Crippen LogP contribution < -0.4 is 16.0 Å². The molecule has 0 aromatic heterocycles. The van der Waals surface area contributed by atoms with E-state index < -0.39 is 17.2 Å². The second kappa shape index (κ2) is 12.8. The number of halogens is 1. The number of rotatable bonds is 8. The van der Waals surface area contributed by atoms with Crippen molar-refractivity contribution in [1.29, 1.82) is 0 Å². The first kappa shape index (κ1) is 28.7. The summed E-state index contributed by atoms with van der Waals surface area (Å²) in [4.78, 5) is 33.2. The van der Waals surface area contributed by atoms with E-state index in [2.05, 4.69) is 44.6 Å². The van der Waals surface area contributed by atoms with Gasteiger partial charge in [0.05, 0.1) is 12.1 Å². The van der Waals surface area contributed by atoms with Gasteiger partial charge in [0, 0.05) is 45.8 Å². The lowest BCUT2D eigenvalue weighted by atomic mass is 9.93. The second-order valence-electron chi connectivity index (χ2n) is 9.62. The van der Waals surface area contributed by atoms with Crippen LogP contribution in [-0.2, 0) is 9.53 Å². The van der Waals surface area contributed by atoms with Crippen LogP contribution in [0.5, 0.6) is 0 Å². The van der Waals surface area contributed by atoms with E-state index in [1.54, 1.807) is 7.05 Å². The molecule has 32 heavy (non-hydrogen) atoms. The summed E-state index contributed by atoms with van der Waals surface area (Å²) in [6, 6.07) is 0.406.